The summed E-state index contributed by atoms with van der Waals surface area (Å²) in [6.07, 6.45) is 0. The molecule has 34 heavy (non-hydrogen) atoms. The Morgan fingerprint density at radius 1 is 1.06 bits per heavy atom. The van der Waals surface area contributed by atoms with Crippen LogP contribution in [-0.2, 0) is 6.54 Å². The number of primary amides is 1. The van der Waals surface area contributed by atoms with Gasteiger partial charge in [-0.15, -0.1) is 0 Å². The molecule has 0 atom stereocenters. The fraction of sp³-hybridized carbons (Fsp3) is 0.0800. The smallest absolute Gasteiger partial charge is 0.255 e. The second kappa shape index (κ2) is 9.45. The number of amides is 2. The van der Waals surface area contributed by atoms with Crippen LogP contribution in [0, 0.1) is 5.82 Å². The van der Waals surface area contributed by atoms with E-state index in [2.05, 4.69) is 10.4 Å². The van der Waals surface area contributed by atoms with Crippen molar-refractivity contribution in [2.45, 2.75) is 6.54 Å². The number of anilines is 1. The molecule has 0 saturated carbocycles. The van der Waals surface area contributed by atoms with Crippen molar-refractivity contribution >= 4 is 17.6 Å². The van der Waals surface area contributed by atoms with E-state index >= 15 is 0 Å². The lowest BCUT2D eigenvalue weighted by Crippen LogP contribution is -2.23. The van der Waals surface area contributed by atoms with Crippen molar-refractivity contribution in [3.05, 3.63) is 95.3 Å². The molecule has 1 aromatic heterocycles. The summed E-state index contributed by atoms with van der Waals surface area (Å²) in [5.74, 6) is -0.974. The van der Waals surface area contributed by atoms with E-state index in [1.54, 1.807) is 54.6 Å². The summed E-state index contributed by atoms with van der Waals surface area (Å²) in [7, 11) is 1.51. The van der Waals surface area contributed by atoms with Crippen molar-refractivity contribution in [2.75, 3.05) is 12.8 Å². The lowest BCUT2D eigenvalue weighted by molar-refractivity contribution is 0.0946. The summed E-state index contributed by atoms with van der Waals surface area (Å²) >= 11 is 0. The summed E-state index contributed by atoms with van der Waals surface area (Å²) in [5.41, 5.74) is 14.2. The predicted octanol–water partition coefficient (Wildman–Crippen LogP) is 3.30. The molecule has 8 nitrogen and oxygen atoms in total. The first-order valence-corrected chi connectivity index (χ1v) is 10.3. The molecule has 9 heteroatoms. The fourth-order valence-corrected chi connectivity index (χ4v) is 3.57. The molecule has 5 N–H and O–H groups in total. The van der Waals surface area contributed by atoms with Gasteiger partial charge in [-0.05, 0) is 35.9 Å². The zero-order valence-electron chi connectivity index (χ0n) is 18.3. The number of carbonyl (C=O) groups excluding carboxylic acids is 2. The van der Waals surface area contributed by atoms with E-state index in [0.29, 0.717) is 22.6 Å². The maximum Gasteiger partial charge on any atom is 0.255 e. The van der Waals surface area contributed by atoms with E-state index in [-0.39, 0.29) is 29.5 Å². The quantitative estimate of drug-likeness (QED) is 0.391. The van der Waals surface area contributed by atoms with Gasteiger partial charge >= 0.3 is 0 Å². The number of para-hydroxylation sites is 1. The van der Waals surface area contributed by atoms with Crippen LogP contribution >= 0.6 is 0 Å². The van der Waals surface area contributed by atoms with Crippen LogP contribution in [0.4, 0.5) is 10.2 Å². The highest BCUT2D eigenvalue weighted by molar-refractivity contribution is 6.03. The molecule has 3 aromatic carbocycles. The highest BCUT2D eigenvalue weighted by Gasteiger charge is 2.22. The van der Waals surface area contributed by atoms with Crippen LogP contribution in [0.3, 0.4) is 0 Å². The van der Waals surface area contributed by atoms with Crippen molar-refractivity contribution in [3.8, 4) is 22.7 Å². The predicted molar refractivity (Wildman–Crippen MR) is 126 cm³/mol. The Labute approximate surface area is 195 Å². The average molecular weight is 459 g/mol. The van der Waals surface area contributed by atoms with Gasteiger partial charge in [-0.3, -0.25) is 9.59 Å². The Morgan fingerprint density at radius 2 is 1.79 bits per heavy atom. The molecule has 0 bridgehead atoms. The molecule has 0 aliphatic heterocycles. The van der Waals surface area contributed by atoms with Crippen molar-refractivity contribution in [3.63, 3.8) is 0 Å². The van der Waals surface area contributed by atoms with Crippen LogP contribution in [0.25, 0.3) is 16.9 Å². The highest BCUT2D eigenvalue weighted by atomic mass is 19.1. The van der Waals surface area contributed by atoms with E-state index in [4.69, 9.17) is 16.2 Å². The molecule has 0 aliphatic carbocycles. The zero-order chi connectivity index (χ0) is 24.2. The van der Waals surface area contributed by atoms with Gasteiger partial charge in [-0.1, -0.05) is 42.5 Å². The maximum absolute atomic E-state index is 13.7. The van der Waals surface area contributed by atoms with Gasteiger partial charge in [0.05, 0.1) is 18.4 Å². The largest absolute Gasteiger partial charge is 0.496 e. The molecule has 172 valence electrons. The molecule has 1 heterocycles. The molecular formula is C25H22FN5O3. The number of methoxy groups -OCH3 is 1. The number of ether oxygens (including phenoxy) is 1. The third kappa shape index (κ3) is 4.44. The Hall–Kier alpha value is -4.66. The van der Waals surface area contributed by atoms with Gasteiger partial charge in [0, 0.05) is 12.1 Å². The number of halogens is 1. The summed E-state index contributed by atoms with van der Waals surface area (Å²) < 4.78 is 20.2. The van der Waals surface area contributed by atoms with Crippen LogP contribution in [0.2, 0.25) is 0 Å². The van der Waals surface area contributed by atoms with Crippen molar-refractivity contribution < 1.29 is 18.7 Å². The summed E-state index contributed by atoms with van der Waals surface area (Å²) in [5, 5.41) is 7.27. The van der Waals surface area contributed by atoms with Crippen LogP contribution in [0.1, 0.15) is 26.3 Å². The number of hydrogen-bond donors (Lipinski definition) is 3. The number of carbonyl (C=O) groups is 2. The van der Waals surface area contributed by atoms with E-state index in [1.807, 2.05) is 0 Å². The van der Waals surface area contributed by atoms with Gasteiger partial charge in [0.1, 0.15) is 28.6 Å². The van der Waals surface area contributed by atoms with Crippen LogP contribution in [0.5, 0.6) is 5.75 Å². The average Bonchev–Trinajstić information content (AvgIpc) is 3.20. The Bertz CT molecular complexity index is 1370. The van der Waals surface area contributed by atoms with Crippen molar-refractivity contribution in [1.82, 2.24) is 15.1 Å². The first kappa shape index (κ1) is 22.5. The van der Waals surface area contributed by atoms with E-state index < -0.39 is 11.7 Å². The number of nitrogens with zero attached hydrogens (tertiary/aromatic N) is 2. The molecule has 2 amide bonds. The third-order valence-electron chi connectivity index (χ3n) is 5.25. The molecule has 0 fully saturated rings. The minimum Gasteiger partial charge on any atom is -0.496 e. The second-order valence-electron chi connectivity index (χ2n) is 7.44. The van der Waals surface area contributed by atoms with Crippen LogP contribution in [0.15, 0.2) is 72.8 Å². The van der Waals surface area contributed by atoms with Gasteiger partial charge in [0.15, 0.2) is 0 Å². The molecule has 4 rings (SSSR count). The van der Waals surface area contributed by atoms with Gasteiger partial charge in [-0.25, -0.2) is 9.07 Å². The van der Waals surface area contributed by atoms with E-state index in [1.165, 1.54) is 30.0 Å². The van der Waals surface area contributed by atoms with Crippen LogP contribution in [-0.4, -0.2) is 28.7 Å². The lowest BCUT2D eigenvalue weighted by Gasteiger charge is -2.09. The standard InChI is InChI=1S/C25H22FN5O3/c1-34-20-8-3-2-7-19(20)25(33)29-14-15-9-11-16(12-10-15)22-21(24(28)32)23(27)31(30-22)18-6-4-5-17(26)13-18/h2-13H,14,27H2,1H3,(H2,28,32)(H,29,33). The molecule has 0 unspecified atom stereocenters. The topological polar surface area (TPSA) is 125 Å². The number of nitrogens with two attached hydrogens (primary N) is 2. The molecule has 0 radical (unpaired) electrons. The zero-order valence-corrected chi connectivity index (χ0v) is 18.3. The number of benzene rings is 3. The normalized spacial score (nSPS) is 10.6. The molecular weight excluding hydrogens is 437 g/mol. The lowest BCUT2D eigenvalue weighted by atomic mass is 10.0. The van der Waals surface area contributed by atoms with Gasteiger partial charge < -0.3 is 21.5 Å². The number of nitrogen functional groups attached to an aromatic ring is 1. The SMILES string of the molecule is COc1ccccc1C(=O)NCc1ccc(-c2nn(-c3cccc(F)c3)c(N)c2C(N)=O)cc1. The fourth-order valence-electron chi connectivity index (χ4n) is 3.57. The van der Waals surface area contributed by atoms with Crippen molar-refractivity contribution in [1.29, 1.82) is 0 Å². The number of aromatic nitrogens is 2. The van der Waals surface area contributed by atoms with E-state index in [0.717, 1.165) is 5.56 Å². The molecule has 0 saturated heterocycles. The van der Waals surface area contributed by atoms with E-state index in [9.17, 15) is 14.0 Å². The highest BCUT2D eigenvalue weighted by Crippen LogP contribution is 2.29. The van der Waals surface area contributed by atoms with Gasteiger partial charge in [0.2, 0.25) is 0 Å². The first-order chi connectivity index (χ1) is 16.4. The van der Waals surface area contributed by atoms with Gasteiger partial charge in [0.25, 0.3) is 11.8 Å². The number of nitrogens with one attached hydrogen (secondary N) is 1. The van der Waals surface area contributed by atoms with Crippen LogP contribution < -0.4 is 21.5 Å². The molecule has 4 aromatic rings. The first-order valence-electron chi connectivity index (χ1n) is 10.3. The maximum atomic E-state index is 13.7. The molecule has 0 spiro atoms. The Morgan fingerprint density at radius 3 is 2.47 bits per heavy atom. The number of hydrogen-bond acceptors (Lipinski definition) is 5. The Kier molecular flexibility index (Phi) is 6.26. The minimum absolute atomic E-state index is 0.0150. The summed E-state index contributed by atoms with van der Waals surface area (Å²) in [4.78, 5) is 24.6. The Balaban J connectivity index is 1.57. The van der Waals surface area contributed by atoms with Crippen molar-refractivity contribution in [2.24, 2.45) is 5.73 Å². The minimum atomic E-state index is -0.747. The van der Waals surface area contributed by atoms with Gasteiger partial charge in [-0.2, -0.15) is 5.10 Å². The summed E-state index contributed by atoms with van der Waals surface area (Å²) in [6.45, 7) is 0.277. The second-order valence-corrected chi connectivity index (χ2v) is 7.44. The summed E-state index contributed by atoms with van der Waals surface area (Å²) in [6, 6.07) is 19.7. The molecule has 0 aliphatic rings. The monoisotopic (exact) mass is 459 g/mol. The third-order valence-corrected chi connectivity index (χ3v) is 5.25. The number of rotatable bonds is 7.